The highest BCUT2D eigenvalue weighted by molar-refractivity contribution is 5.85. The smallest absolute Gasteiger partial charge is 0.407 e. The molecule has 3 rings (SSSR count). The molecule has 2 aromatic carbocycles. The topological polar surface area (TPSA) is 105 Å². The highest BCUT2D eigenvalue weighted by Gasteiger charge is 2.30. The number of carboxylic acids is 1. The molecule has 8 nitrogen and oxygen atoms in total. The Kier molecular flexibility index (Phi) is 7.83. The number of likely N-dealkylation sites (N-methyl/N-ethyl adjacent to an activating group) is 1. The molecule has 170 valence electrons. The van der Waals surface area contributed by atoms with E-state index in [0.29, 0.717) is 12.8 Å². The summed E-state index contributed by atoms with van der Waals surface area (Å²) in [5.41, 5.74) is 4.46. The summed E-state index contributed by atoms with van der Waals surface area (Å²) in [6.45, 7) is 1.47. The van der Waals surface area contributed by atoms with Crippen molar-refractivity contribution in [2.45, 2.75) is 38.1 Å². The molecule has 8 heteroatoms. The van der Waals surface area contributed by atoms with Gasteiger partial charge in [0.1, 0.15) is 12.6 Å². The molecule has 2 aromatic rings. The van der Waals surface area contributed by atoms with Gasteiger partial charge in [-0.25, -0.2) is 14.7 Å². The predicted octanol–water partition coefficient (Wildman–Crippen LogP) is 3.56. The van der Waals surface area contributed by atoms with E-state index in [9.17, 15) is 14.4 Å². The Morgan fingerprint density at radius 3 is 2.22 bits per heavy atom. The average molecular weight is 440 g/mol. The largest absolute Gasteiger partial charge is 0.479 e. The lowest BCUT2D eigenvalue weighted by molar-refractivity contribution is -0.187. The van der Waals surface area contributed by atoms with Gasteiger partial charge in [0.2, 0.25) is 0 Å². The van der Waals surface area contributed by atoms with E-state index in [0.717, 1.165) is 33.7 Å². The number of hydrogen-bond acceptors (Lipinski definition) is 5. The number of alkyl carbamates (subject to hydrolysis) is 1. The van der Waals surface area contributed by atoms with Crippen LogP contribution in [0.2, 0.25) is 0 Å². The van der Waals surface area contributed by atoms with Gasteiger partial charge in [-0.2, -0.15) is 0 Å². The van der Waals surface area contributed by atoms with Crippen LogP contribution >= 0.6 is 0 Å². The second-order valence-corrected chi connectivity index (χ2v) is 7.67. The van der Waals surface area contributed by atoms with Gasteiger partial charge in [0.05, 0.1) is 0 Å². The van der Waals surface area contributed by atoms with Gasteiger partial charge in [-0.3, -0.25) is 9.63 Å². The number of ether oxygens (including phenoxy) is 1. The fourth-order valence-corrected chi connectivity index (χ4v) is 3.88. The highest BCUT2D eigenvalue weighted by atomic mass is 16.7. The molecule has 1 aliphatic carbocycles. The maximum atomic E-state index is 12.6. The molecular formula is C24H28N2O6. The molecule has 0 bridgehead atoms. The van der Waals surface area contributed by atoms with Crippen LogP contribution in [0.3, 0.4) is 0 Å². The van der Waals surface area contributed by atoms with Crippen LogP contribution in [0.15, 0.2) is 48.5 Å². The van der Waals surface area contributed by atoms with Crippen molar-refractivity contribution in [2.24, 2.45) is 0 Å². The molecule has 2 amide bonds. The molecule has 0 aromatic heterocycles. The minimum absolute atomic E-state index is 0.0838. The minimum atomic E-state index is -1.20. The maximum absolute atomic E-state index is 12.6. The van der Waals surface area contributed by atoms with Crippen molar-refractivity contribution in [3.8, 4) is 11.1 Å². The number of rotatable bonds is 10. The van der Waals surface area contributed by atoms with E-state index in [1.54, 1.807) is 0 Å². The normalized spacial score (nSPS) is 13.1. The first-order valence-corrected chi connectivity index (χ1v) is 10.7. The molecule has 1 aliphatic rings. The van der Waals surface area contributed by atoms with E-state index in [-0.39, 0.29) is 12.5 Å². The summed E-state index contributed by atoms with van der Waals surface area (Å²) < 4.78 is 5.52. The number of unbranched alkanes of at least 4 members (excludes halogenated alkanes) is 1. The molecule has 0 spiro atoms. The fraction of sp³-hybridized carbons (Fsp3) is 0.375. The van der Waals surface area contributed by atoms with Gasteiger partial charge >= 0.3 is 12.1 Å². The van der Waals surface area contributed by atoms with Crippen molar-refractivity contribution in [3.63, 3.8) is 0 Å². The quantitative estimate of drug-likeness (QED) is 0.548. The molecule has 1 atom stereocenters. The fourth-order valence-electron chi connectivity index (χ4n) is 3.88. The van der Waals surface area contributed by atoms with Crippen LogP contribution < -0.4 is 5.32 Å². The first-order valence-electron chi connectivity index (χ1n) is 10.7. The van der Waals surface area contributed by atoms with Crippen LogP contribution in [-0.4, -0.2) is 54.4 Å². The van der Waals surface area contributed by atoms with E-state index in [4.69, 9.17) is 14.7 Å². The number of aliphatic carboxylic acids is 1. The molecule has 0 saturated heterocycles. The Morgan fingerprint density at radius 1 is 1.06 bits per heavy atom. The summed E-state index contributed by atoms with van der Waals surface area (Å²) in [7, 11) is 1.32. The molecule has 0 fully saturated rings. The first-order chi connectivity index (χ1) is 15.4. The molecule has 1 unspecified atom stereocenters. The third-order valence-electron chi connectivity index (χ3n) is 5.47. The summed E-state index contributed by atoms with van der Waals surface area (Å²) >= 11 is 0. The number of amides is 2. The number of hydrogen-bond donors (Lipinski definition) is 2. The minimum Gasteiger partial charge on any atom is -0.479 e. The third-order valence-corrected chi connectivity index (χ3v) is 5.47. The molecule has 32 heavy (non-hydrogen) atoms. The summed E-state index contributed by atoms with van der Waals surface area (Å²) in [5, 5.41) is 12.2. The SMILES string of the molecule is CCCCC(NC(=O)OCC1c2ccccc2-c2ccccc21)C(=O)N(C)OCC(=O)O. The van der Waals surface area contributed by atoms with Crippen molar-refractivity contribution in [1.29, 1.82) is 0 Å². The molecule has 2 N–H and O–H groups in total. The van der Waals surface area contributed by atoms with E-state index in [1.807, 2.05) is 43.3 Å². The Bertz CT molecular complexity index is 931. The summed E-state index contributed by atoms with van der Waals surface area (Å²) in [6.07, 6.45) is 1.22. The summed E-state index contributed by atoms with van der Waals surface area (Å²) in [5.74, 6) is -1.81. The number of benzene rings is 2. The van der Waals surface area contributed by atoms with Gasteiger partial charge in [-0.1, -0.05) is 68.3 Å². The zero-order valence-electron chi connectivity index (χ0n) is 18.2. The molecule has 0 radical (unpaired) electrons. The molecular weight excluding hydrogens is 412 g/mol. The Morgan fingerprint density at radius 2 is 1.66 bits per heavy atom. The van der Waals surface area contributed by atoms with Crippen molar-refractivity contribution in [1.82, 2.24) is 10.4 Å². The lowest BCUT2D eigenvalue weighted by Crippen LogP contribution is -2.48. The molecule has 0 heterocycles. The maximum Gasteiger partial charge on any atom is 0.407 e. The predicted molar refractivity (Wildman–Crippen MR) is 118 cm³/mol. The van der Waals surface area contributed by atoms with E-state index < -0.39 is 30.6 Å². The van der Waals surface area contributed by atoms with Gasteiger partial charge in [0.25, 0.3) is 5.91 Å². The standard InChI is InChI=1S/C24H28N2O6/c1-3-4-13-21(23(29)26(2)32-15-22(27)28)25-24(30)31-14-20-18-11-7-5-9-16(18)17-10-6-8-12-19(17)20/h5-12,20-21H,3-4,13-15H2,1-2H3,(H,25,30)(H,27,28). The number of carbonyl (C=O) groups is 3. The number of nitrogens with zero attached hydrogens (tertiary/aromatic N) is 1. The van der Waals surface area contributed by atoms with Crippen molar-refractivity contribution >= 4 is 18.0 Å². The van der Waals surface area contributed by atoms with Crippen molar-refractivity contribution < 1.29 is 29.1 Å². The Balaban J connectivity index is 1.64. The van der Waals surface area contributed by atoms with Crippen LogP contribution in [0.4, 0.5) is 4.79 Å². The van der Waals surface area contributed by atoms with E-state index >= 15 is 0 Å². The Labute approximate surface area is 187 Å². The van der Waals surface area contributed by atoms with Gasteiger partial charge < -0.3 is 15.2 Å². The number of carboxylic acid groups (broad SMARTS) is 1. The molecule has 0 aliphatic heterocycles. The van der Waals surface area contributed by atoms with Crippen molar-refractivity contribution in [3.05, 3.63) is 59.7 Å². The van der Waals surface area contributed by atoms with E-state index in [2.05, 4.69) is 17.4 Å². The third kappa shape index (κ3) is 5.45. The van der Waals surface area contributed by atoms with E-state index in [1.165, 1.54) is 7.05 Å². The van der Waals surface area contributed by atoms with Gasteiger partial charge in [0, 0.05) is 13.0 Å². The number of carbonyl (C=O) groups excluding carboxylic acids is 2. The van der Waals surface area contributed by atoms with Crippen LogP contribution in [0.5, 0.6) is 0 Å². The Hall–Kier alpha value is -3.39. The zero-order valence-corrected chi connectivity index (χ0v) is 18.2. The molecule has 0 saturated carbocycles. The van der Waals surface area contributed by atoms with Crippen LogP contribution in [0, 0.1) is 0 Å². The summed E-state index contributed by atoms with van der Waals surface area (Å²) in [4.78, 5) is 40.8. The number of nitrogens with one attached hydrogen (secondary N) is 1. The second-order valence-electron chi connectivity index (χ2n) is 7.67. The lowest BCUT2D eigenvalue weighted by atomic mass is 9.98. The van der Waals surface area contributed by atoms with Crippen LogP contribution in [0.25, 0.3) is 11.1 Å². The number of fused-ring (bicyclic) bond motifs is 3. The highest BCUT2D eigenvalue weighted by Crippen LogP contribution is 2.44. The monoisotopic (exact) mass is 440 g/mol. The van der Waals surface area contributed by atoms with Crippen LogP contribution in [-0.2, 0) is 19.2 Å². The van der Waals surface area contributed by atoms with Crippen molar-refractivity contribution in [2.75, 3.05) is 20.3 Å². The zero-order chi connectivity index (χ0) is 23.1. The summed E-state index contributed by atoms with van der Waals surface area (Å²) in [6, 6.07) is 15.2. The second kappa shape index (κ2) is 10.8. The first kappa shape index (κ1) is 23.3. The van der Waals surface area contributed by atoms with Gasteiger partial charge in [-0.15, -0.1) is 0 Å². The number of hydroxylamine groups is 2. The van der Waals surface area contributed by atoms with Gasteiger partial charge in [-0.05, 0) is 28.7 Å². The lowest BCUT2D eigenvalue weighted by Gasteiger charge is -2.23. The average Bonchev–Trinajstić information content (AvgIpc) is 3.12. The van der Waals surface area contributed by atoms with Gasteiger partial charge in [0.15, 0.2) is 6.61 Å². The van der Waals surface area contributed by atoms with Crippen LogP contribution in [0.1, 0.15) is 43.2 Å².